The van der Waals surface area contributed by atoms with Gasteiger partial charge in [0.1, 0.15) is 11.4 Å². The molecule has 1 aliphatic heterocycles. The predicted molar refractivity (Wildman–Crippen MR) is 80.0 cm³/mol. The Kier molecular flexibility index (Phi) is 3.64. The second kappa shape index (κ2) is 4.74. The van der Waals surface area contributed by atoms with Gasteiger partial charge >= 0.3 is 0 Å². The van der Waals surface area contributed by atoms with Gasteiger partial charge in [0.05, 0.1) is 17.3 Å². The van der Waals surface area contributed by atoms with Crippen molar-refractivity contribution in [3.05, 3.63) is 29.8 Å². The Morgan fingerprint density at radius 2 is 1.85 bits per heavy atom. The zero-order valence-corrected chi connectivity index (χ0v) is 13.4. The molecular formula is C17H26O3. The average molecular weight is 278 g/mol. The average Bonchev–Trinajstić information content (AvgIpc) is 2.42. The van der Waals surface area contributed by atoms with Crippen molar-refractivity contribution in [2.45, 2.75) is 70.9 Å². The minimum absolute atomic E-state index is 0.115. The van der Waals surface area contributed by atoms with Crippen molar-refractivity contribution >= 4 is 0 Å². The van der Waals surface area contributed by atoms with Gasteiger partial charge in [0.25, 0.3) is 0 Å². The molecule has 0 aliphatic carbocycles. The van der Waals surface area contributed by atoms with Crippen LogP contribution in [0.3, 0.4) is 0 Å². The molecule has 0 saturated carbocycles. The lowest BCUT2D eigenvalue weighted by molar-refractivity contribution is -0.129. The molecule has 1 aromatic rings. The van der Waals surface area contributed by atoms with Crippen LogP contribution in [-0.2, 0) is 10.3 Å². The van der Waals surface area contributed by atoms with Crippen LogP contribution in [0.5, 0.6) is 5.75 Å². The van der Waals surface area contributed by atoms with Crippen LogP contribution >= 0.6 is 0 Å². The zero-order chi connectivity index (χ0) is 15.2. The molecule has 3 nitrogen and oxygen atoms in total. The smallest absolute Gasteiger partial charge is 0.121 e. The third-order valence-corrected chi connectivity index (χ3v) is 3.89. The molecule has 1 aromatic carbocycles. The molecule has 3 heteroatoms. The highest BCUT2D eigenvalue weighted by Crippen LogP contribution is 2.51. The first-order valence-electron chi connectivity index (χ1n) is 7.25. The Morgan fingerprint density at radius 3 is 2.35 bits per heavy atom. The molecule has 0 amide bonds. The number of rotatable bonds is 3. The second-order valence-corrected chi connectivity index (χ2v) is 7.10. The van der Waals surface area contributed by atoms with Crippen LogP contribution in [0.25, 0.3) is 0 Å². The maximum Gasteiger partial charge on any atom is 0.121 e. The van der Waals surface area contributed by atoms with E-state index >= 15 is 0 Å². The van der Waals surface area contributed by atoms with E-state index < -0.39 is 11.2 Å². The summed E-state index contributed by atoms with van der Waals surface area (Å²) < 4.78 is 11.8. The van der Waals surface area contributed by atoms with E-state index in [1.807, 2.05) is 65.8 Å². The van der Waals surface area contributed by atoms with Crippen molar-refractivity contribution in [2.24, 2.45) is 0 Å². The quantitative estimate of drug-likeness (QED) is 0.917. The highest BCUT2D eigenvalue weighted by atomic mass is 16.5. The van der Waals surface area contributed by atoms with Crippen molar-refractivity contribution in [2.75, 3.05) is 0 Å². The van der Waals surface area contributed by atoms with Gasteiger partial charge in [-0.1, -0.05) is 12.1 Å². The van der Waals surface area contributed by atoms with E-state index in [9.17, 15) is 5.11 Å². The summed E-state index contributed by atoms with van der Waals surface area (Å²) in [5.41, 5.74) is -1.13. The van der Waals surface area contributed by atoms with Gasteiger partial charge in [0, 0.05) is 6.42 Å². The molecule has 0 aromatic heterocycles. The normalized spacial score (nSPS) is 27.8. The van der Waals surface area contributed by atoms with Crippen LogP contribution in [0.15, 0.2) is 24.3 Å². The molecule has 1 aliphatic rings. The summed E-state index contributed by atoms with van der Waals surface area (Å²) in [5, 5.41) is 11.2. The summed E-state index contributed by atoms with van der Waals surface area (Å²) in [6.45, 7) is 11.9. The highest BCUT2D eigenvalue weighted by molar-refractivity contribution is 5.35. The summed E-state index contributed by atoms with van der Waals surface area (Å²) >= 11 is 0. The standard InChI is InChI=1S/C17H26O3/c1-12(2)19-14-9-7-8-13(10-14)17(18)11-15(3,4)20-16(17,5)6/h7-10,12,18H,11H2,1-6H3. The van der Waals surface area contributed by atoms with Crippen LogP contribution in [0.4, 0.5) is 0 Å². The third kappa shape index (κ3) is 2.70. The molecular weight excluding hydrogens is 252 g/mol. The lowest BCUT2D eigenvalue weighted by atomic mass is 9.77. The molecule has 1 saturated heterocycles. The molecule has 1 heterocycles. The molecule has 20 heavy (non-hydrogen) atoms. The lowest BCUT2D eigenvalue weighted by Gasteiger charge is -2.35. The summed E-state index contributed by atoms with van der Waals surface area (Å²) in [7, 11) is 0. The van der Waals surface area contributed by atoms with Crippen molar-refractivity contribution in [3.63, 3.8) is 0 Å². The fourth-order valence-electron chi connectivity index (χ4n) is 3.19. The van der Waals surface area contributed by atoms with E-state index in [2.05, 4.69) is 0 Å². The van der Waals surface area contributed by atoms with Gasteiger partial charge in [-0.25, -0.2) is 0 Å². The Labute approximate surface area is 121 Å². The fraction of sp³-hybridized carbons (Fsp3) is 0.647. The number of hydrogen-bond acceptors (Lipinski definition) is 3. The summed E-state index contributed by atoms with van der Waals surface area (Å²) in [5.74, 6) is 0.784. The van der Waals surface area contributed by atoms with Gasteiger partial charge < -0.3 is 14.6 Å². The molecule has 1 unspecified atom stereocenters. The monoisotopic (exact) mass is 278 g/mol. The van der Waals surface area contributed by atoms with E-state index in [4.69, 9.17) is 9.47 Å². The first-order valence-corrected chi connectivity index (χ1v) is 7.25. The van der Waals surface area contributed by atoms with E-state index in [1.54, 1.807) is 0 Å². The number of aliphatic hydroxyl groups is 1. The summed E-state index contributed by atoms with van der Waals surface area (Å²) in [6, 6.07) is 7.71. The minimum Gasteiger partial charge on any atom is -0.491 e. The molecule has 0 radical (unpaired) electrons. The SMILES string of the molecule is CC(C)Oc1cccc(C2(O)CC(C)(C)OC2(C)C)c1. The van der Waals surface area contributed by atoms with Gasteiger partial charge in [0.2, 0.25) is 0 Å². The largest absolute Gasteiger partial charge is 0.491 e. The molecule has 1 atom stereocenters. The molecule has 1 fully saturated rings. The number of hydrogen-bond donors (Lipinski definition) is 1. The van der Waals surface area contributed by atoms with Crippen LogP contribution in [0, 0.1) is 0 Å². The maximum absolute atomic E-state index is 11.2. The summed E-state index contributed by atoms with van der Waals surface area (Å²) in [4.78, 5) is 0. The Balaban J connectivity index is 2.39. The molecule has 1 N–H and O–H groups in total. The molecule has 2 rings (SSSR count). The van der Waals surface area contributed by atoms with E-state index in [-0.39, 0.29) is 11.7 Å². The topological polar surface area (TPSA) is 38.7 Å². The van der Waals surface area contributed by atoms with Crippen LogP contribution in [-0.4, -0.2) is 22.4 Å². The molecule has 0 bridgehead atoms. The lowest BCUT2D eigenvalue weighted by Crippen LogP contribution is -2.43. The van der Waals surface area contributed by atoms with E-state index in [1.165, 1.54) is 0 Å². The maximum atomic E-state index is 11.2. The number of ether oxygens (including phenoxy) is 2. The van der Waals surface area contributed by atoms with Crippen molar-refractivity contribution in [1.29, 1.82) is 0 Å². The van der Waals surface area contributed by atoms with Gasteiger partial charge in [0.15, 0.2) is 0 Å². The van der Waals surface area contributed by atoms with Crippen molar-refractivity contribution < 1.29 is 14.6 Å². The third-order valence-electron chi connectivity index (χ3n) is 3.89. The molecule has 112 valence electrons. The minimum atomic E-state index is -1.01. The fourth-order valence-corrected chi connectivity index (χ4v) is 3.19. The zero-order valence-electron chi connectivity index (χ0n) is 13.4. The van der Waals surface area contributed by atoms with Gasteiger partial charge in [-0.05, 0) is 59.2 Å². The van der Waals surface area contributed by atoms with Crippen molar-refractivity contribution in [3.8, 4) is 5.75 Å². The van der Waals surface area contributed by atoms with E-state index in [0.29, 0.717) is 6.42 Å². The molecule has 0 spiro atoms. The first-order chi connectivity index (χ1) is 9.06. The van der Waals surface area contributed by atoms with Crippen LogP contribution in [0.2, 0.25) is 0 Å². The highest BCUT2D eigenvalue weighted by Gasteiger charge is 2.57. The van der Waals surface area contributed by atoms with Crippen LogP contribution < -0.4 is 4.74 Å². The van der Waals surface area contributed by atoms with Crippen molar-refractivity contribution in [1.82, 2.24) is 0 Å². The van der Waals surface area contributed by atoms with Crippen LogP contribution in [0.1, 0.15) is 53.5 Å². The predicted octanol–water partition coefficient (Wildman–Crippen LogP) is 3.64. The van der Waals surface area contributed by atoms with Gasteiger partial charge in [-0.3, -0.25) is 0 Å². The van der Waals surface area contributed by atoms with Gasteiger partial charge in [-0.15, -0.1) is 0 Å². The van der Waals surface area contributed by atoms with E-state index in [0.717, 1.165) is 11.3 Å². The summed E-state index contributed by atoms with van der Waals surface area (Å²) in [6.07, 6.45) is 0.683. The van der Waals surface area contributed by atoms with Gasteiger partial charge in [-0.2, -0.15) is 0 Å². The number of benzene rings is 1. The second-order valence-electron chi connectivity index (χ2n) is 7.10. The Hall–Kier alpha value is -1.06. The first kappa shape index (κ1) is 15.3. The Morgan fingerprint density at radius 1 is 1.20 bits per heavy atom. The Bertz CT molecular complexity index is 491.